The third-order valence-electron chi connectivity index (χ3n) is 17.7. The molecule has 558 valence electrons. The molecule has 19 heteroatoms. The van der Waals surface area contributed by atoms with Crippen LogP contribution in [0.25, 0.3) is 0 Å². The fourth-order valence-corrected chi connectivity index (χ4v) is 12.9. The van der Waals surface area contributed by atoms with Crippen molar-refractivity contribution in [2.75, 3.05) is 39.6 Å². The van der Waals surface area contributed by atoms with Gasteiger partial charge in [0.05, 0.1) is 26.4 Å². The van der Waals surface area contributed by atoms with E-state index in [2.05, 4.69) is 55.4 Å². The molecule has 0 aromatic rings. The Morgan fingerprint density at radius 2 is 0.511 bits per heavy atom. The third kappa shape index (κ3) is 67.3. The minimum Gasteiger partial charge on any atom is -0.462 e. The minimum absolute atomic E-state index is 0.104. The summed E-state index contributed by atoms with van der Waals surface area (Å²) in [6, 6.07) is 0. The van der Waals surface area contributed by atoms with Gasteiger partial charge in [0.2, 0.25) is 0 Å². The van der Waals surface area contributed by atoms with Gasteiger partial charge in [-0.05, 0) is 49.4 Å². The van der Waals surface area contributed by atoms with Crippen molar-refractivity contribution >= 4 is 39.5 Å². The Kier molecular flexibility index (Phi) is 63.1. The normalized spacial score (nSPS) is 14.4. The van der Waals surface area contributed by atoms with Crippen LogP contribution in [0.4, 0.5) is 0 Å². The van der Waals surface area contributed by atoms with E-state index in [0.29, 0.717) is 25.7 Å². The Bertz CT molecular complexity index is 1850. The van der Waals surface area contributed by atoms with Gasteiger partial charge in [-0.25, -0.2) is 9.13 Å². The van der Waals surface area contributed by atoms with Crippen molar-refractivity contribution in [1.82, 2.24) is 0 Å². The summed E-state index contributed by atoms with van der Waals surface area (Å²) >= 11 is 0. The van der Waals surface area contributed by atoms with E-state index < -0.39 is 97.5 Å². The first kappa shape index (κ1) is 92.1. The lowest BCUT2D eigenvalue weighted by Gasteiger charge is -2.21. The smallest absolute Gasteiger partial charge is 0.462 e. The fourth-order valence-electron chi connectivity index (χ4n) is 11.3. The first-order valence-electron chi connectivity index (χ1n) is 38.7. The summed E-state index contributed by atoms with van der Waals surface area (Å²) in [7, 11) is -9.91. The van der Waals surface area contributed by atoms with E-state index in [-0.39, 0.29) is 25.7 Å². The maximum Gasteiger partial charge on any atom is 0.472 e. The first-order chi connectivity index (χ1) is 45.1. The molecule has 94 heavy (non-hydrogen) atoms. The highest BCUT2D eigenvalue weighted by atomic mass is 31.2. The van der Waals surface area contributed by atoms with E-state index >= 15 is 0 Å². The molecular formula is C75H146O17P2. The van der Waals surface area contributed by atoms with E-state index in [1.165, 1.54) is 180 Å². The minimum atomic E-state index is -4.96. The summed E-state index contributed by atoms with van der Waals surface area (Å²) in [6.07, 6.45) is 48.6. The lowest BCUT2D eigenvalue weighted by molar-refractivity contribution is -0.161. The first-order valence-corrected chi connectivity index (χ1v) is 41.7. The van der Waals surface area contributed by atoms with Crippen LogP contribution in [-0.4, -0.2) is 96.7 Å². The van der Waals surface area contributed by atoms with Gasteiger partial charge in [-0.3, -0.25) is 37.3 Å². The van der Waals surface area contributed by atoms with Gasteiger partial charge < -0.3 is 33.8 Å². The average molecular weight is 1380 g/mol. The number of hydrogen-bond acceptors (Lipinski definition) is 15. The van der Waals surface area contributed by atoms with Crippen LogP contribution in [0.2, 0.25) is 0 Å². The van der Waals surface area contributed by atoms with Crippen molar-refractivity contribution in [3.63, 3.8) is 0 Å². The standard InChI is InChI=1S/C75H146O17P2/c1-9-68(8)54-46-38-30-24-26-34-42-50-58-75(80)92-71(62-86-73(78)56-48-40-32-25-23-29-37-45-53-67(6)7)64-90-94(83,84)88-60-69(76)59-87-93(81,82)89-63-70(61-85-72(77)55-47-39-31-22-18-20-28-36-44-52-66(4)5)91-74(79)57-49-41-33-21-17-15-13-11-10-12-14-16-19-27-35-43-51-65(2)3/h65-71,76H,9-64H2,1-8H3,(H,81,82)(H,83,84)/t68?,69?,70-,71-/m1/s1. The predicted molar refractivity (Wildman–Crippen MR) is 381 cm³/mol. The molecule has 0 rings (SSSR count). The molecule has 0 aliphatic rings. The molecule has 3 N–H and O–H groups in total. The molecule has 0 aliphatic heterocycles. The molecular weight excluding hydrogens is 1230 g/mol. The van der Waals surface area contributed by atoms with E-state index in [0.717, 1.165) is 114 Å². The maximum absolute atomic E-state index is 13.1. The number of unbranched alkanes of at least 4 members (excludes halogenated alkanes) is 37. The van der Waals surface area contributed by atoms with Crippen molar-refractivity contribution in [3.8, 4) is 0 Å². The molecule has 0 spiro atoms. The summed E-state index contributed by atoms with van der Waals surface area (Å²) in [6.45, 7) is 14.2. The van der Waals surface area contributed by atoms with Crippen LogP contribution in [0, 0.1) is 23.7 Å². The van der Waals surface area contributed by atoms with Gasteiger partial charge in [0.25, 0.3) is 0 Å². The van der Waals surface area contributed by atoms with Gasteiger partial charge in [-0.2, -0.15) is 0 Å². The molecule has 0 aromatic heterocycles. The fraction of sp³-hybridized carbons (Fsp3) is 0.947. The lowest BCUT2D eigenvalue weighted by atomic mass is 9.99. The summed E-state index contributed by atoms with van der Waals surface area (Å²) in [4.78, 5) is 72.8. The molecule has 0 saturated heterocycles. The molecule has 0 aliphatic carbocycles. The quantitative estimate of drug-likeness (QED) is 0.0222. The molecule has 17 nitrogen and oxygen atoms in total. The number of hydrogen-bond donors (Lipinski definition) is 3. The van der Waals surface area contributed by atoms with Crippen LogP contribution >= 0.6 is 15.6 Å². The lowest BCUT2D eigenvalue weighted by Crippen LogP contribution is -2.30. The number of carbonyl (C=O) groups excluding carboxylic acids is 4. The monoisotopic (exact) mass is 1380 g/mol. The van der Waals surface area contributed by atoms with E-state index in [4.69, 9.17) is 37.0 Å². The number of aliphatic hydroxyl groups excluding tert-OH is 1. The van der Waals surface area contributed by atoms with Crippen LogP contribution in [0.15, 0.2) is 0 Å². The van der Waals surface area contributed by atoms with Crippen molar-refractivity contribution in [2.24, 2.45) is 23.7 Å². The van der Waals surface area contributed by atoms with Crippen molar-refractivity contribution < 1.29 is 80.2 Å². The van der Waals surface area contributed by atoms with Crippen molar-refractivity contribution in [3.05, 3.63) is 0 Å². The Morgan fingerprint density at radius 1 is 0.298 bits per heavy atom. The second-order valence-corrected chi connectivity index (χ2v) is 31.6. The Balaban J connectivity index is 5.24. The second kappa shape index (κ2) is 64.4. The topological polar surface area (TPSA) is 237 Å². The van der Waals surface area contributed by atoms with E-state index in [1.807, 2.05) is 0 Å². The zero-order valence-electron chi connectivity index (χ0n) is 61.6. The highest BCUT2D eigenvalue weighted by Crippen LogP contribution is 2.45. The van der Waals surface area contributed by atoms with Crippen LogP contribution in [-0.2, 0) is 65.4 Å². The molecule has 0 heterocycles. The van der Waals surface area contributed by atoms with Gasteiger partial charge in [0, 0.05) is 25.7 Å². The number of ether oxygens (including phenoxy) is 4. The molecule has 6 atom stereocenters. The number of rotatable bonds is 72. The van der Waals surface area contributed by atoms with Crippen LogP contribution in [0.3, 0.4) is 0 Å². The van der Waals surface area contributed by atoms with Gasteiger partial charge in [-0.1, -0.05) is 325 Å². The van der Waals surface area contributed by atoms with Gasteiger partial charge in [0.15, 0.2) is 12.2 Å². The van der Waals surface area contributed by atoms with Crippen LogP contribution in [0.1, 0.15) is 376 Å². The summed E-state index contributed by atoms with van der Waals surface area (Å²) < 4.78 is 68.5. The highest BCUT2D eigenvalue weighted by Gasteiger charge is 2.30. The highest BCUT2D eigenvalue weighted by molar-refractivity contribution is 7.47. The van der Waals surface area contributed by atoms with Crippen LogP contribution in [0.5, 0.6) is 0 Å². The number of carbonyl (C=O) groups is 4. The number of phosphoric acid groups is 2. The summed E-state index contributed by atoms with van der Waals surface area (Å²) in [5, 5.41) is 10.6. The Labute approximate surface area is 575 Å². The summed E-state index contributed by atoms with van der Waals surface area (Å²) in [5.74, 6) is 0.925. The predicted octanol–water partition coefficient (Wildman–Crippen LogP) is 21.7. The number of esters is 4. The molecule has 0 fully saturated rings. The molecule has 0 bridgehead atoms. The van der Waals surface area contributed by atoms with Gasteiger partial charge in [-0.15, -0.1) is 0 Å². The SMILES string of the molecule is CCC(C)CCCCCCCCCCC(=O)O[C@H](COC(=O)CCCCCCCCCCC(C)C)COP(=O)(O)OCC(O)COP(=O)(O)OC[C@@H](COC(=O)CCCCCCCCCCCC(C)C)OC(=O)CCCCCCCCCCCCCCCCCCC(C)C. The van der Waals surface area contributed by atoms with E-state index in [1.54, 1.807) is 0 Å². The number of phosphoric ester groups is 2. The Hall–Kier alpha value is -1.94. The average Bonchev–Trinajstić information content (AvgIpc) is 1.30. The zero-order valence-corrected chi connectivity index (χ0v) is 63.4. The van der Waals surface area contributed by atoms with E-state index in [9.17, 15) is 43.2 Å². The maximum atomic E-state index is 13.1. The summed E-state index contributed by atoms with van der Waals surface area (Å²) in [5.41, 5.74) is 0. The van der Waals surface area contributed by atoms with Crippen molar-refractivity contribution in [2.45, 2.75) is 395 Å². The van der Waals surface area contributed by atoms with Crippen LogP contribution < -0.4 is 0 Å². The second-order valence-electron chi connectivity index (χ2n) is 28.7. The van der Waals surface area contributed by atoms with Gasteiger partial charge in [0.1, 0.15) is 19.3 Å². The third-order valence-corrected chi connectivity index (χ3v) is 19.6. The number of aliphatic hydroxyl groups is 1. The molecule has 0 saturated carbocycles. The Morgan fingerprint density at radius 3 is 0.755 bits per heavy atom. The largest absolute Gasteiger partial charge is 0.472 e. The molecule has 0 radical (unpaired) electrons. The van der Waals surface area contributed by atoms with Gasteiger partial charge >= 0.3 is 39.5 Å². The zero-order chi connectivity index (χ0) is 69.6. The molecule has 4 unspecified atom stereocenters. The molecule has 0 aromatic carbocycles. The van der Waals surface area contributed by atoms with Crippen molar-refractivity contribution in [1.29, 1.82) is 0 Å². The molecule has 0 amide bonds.